The van der Waals surface area contributed by atoms with Crippen molar-refractivity contribution in [2.45, 2.75) is 26.2 Å². The molecule has 0 aliphatic heterocycles. The number of benzene rings is 1. The van der Waals surface area contributed by atoms with Crippen LogP contribution in [0.25, 0.3) is 0 Å². The highest BCUT2D eigenvalue weighted by Gasteiger charge is 2.24. The van der Waals surface area contributed by atoms with Gasteiger partial charge >= 0.3 is 0 Å². The van der Waals surface area contributed by atoms with E-state index in [9.17, 15) is 13.9 Å². The molecule has 0 bridgehead atoms. The first kappa shape index (κ1) is 14.0. The third-order valence-corrected chi connectivity index (χ3v) is 2.20. The highest BCUT2D eigenvalue weighted by atomic mass is 19.1. The van der Waals surface area contributed by atoms with Crippen molar-refractivity contribution in [3.05, 3.63) is 35.4 Å². The summed E-state index contributed by atoms with van der Waals surface area (Å²) in [5.41, 5.74) is -0.0432. The number of rotatable bonds is 6. The monoisotopic (exact) mass is 246 g/mol. The minimum absolute atomic E-state index is 0.0432. The molecule has 1 atom stereocenters. The number of aliphatic hydroxyl groups excluding tert-OH is 1. The third-order valence-electron chi connectivity index (χ3n) is 2.20. The van der Waals surface area contributed by atoms with Crippen molar-refractivity contribution in [3.63, 3.8) is 0 Å². The smallest absolute Gasteiger partial charge is 0.187 e. The summed E-state index contributed by atoms with van der Waals surface area (Å²) in [5, 5.41) is 9.90. The van der Waals surface area contributed by atoms with Crippen LogP contribution in [-0.4, -0.2) is 24.6 Å². The van der Waals surface area contributed by atoms with E-state index in [1.165, 1.54) is 6.07 Å². The number of hydrogen-bond acceptors (Lipinski definition) is 3. The van der Waals surface area contributed by atoms with Crippen molar-refractivity contribution in [1.29, 1.82) is 0 Å². The van der Waals surface area contributed by atoms with Crippen LogP contribution in [0.5, 0.6) is 0 Å². The lowest BCUT2D eigenvalue weighted by Gasteiger charge is -2.23. The van der Waals surface area contributed by atoms with Gasteiger partial charge in [0, 0.05) is 24.8 Å². The Kier molecular flexibility index (Phi) is 5.47. The summed E-state index contributed by atoms with van der Waals surface area (Å²) in [6.45, 7) is 4.12. The fourth-order valence-electron chi connectivity index (χ4n) is 1.45. The number of aliphatic hydroxyl groups is 1. The van der Waals surface area contributed by atoms with Gasteiger partial charge in [-0.3, -0.25) is 0 Å². The standard InChI is InChI=1S/C12H16F2O3/c1-3-16-12(17-4-2)11(15)9-6-5-8(13)7-10(9)14/h5-7,11-12,15H,3-4H2,1-2H3. The van der Waals surface area contributed by atoms with Gasteiger partial charge in [-0.2, -0.15) is 0 Å². The summed E-state index contributed by atoms with van der Waals surface area (Å²) in [6, 6.07) is 2.98. The van der Waals surface area contributed by atoms with Gasteiger partial charge in [0.05, 0.1) is 0 Å². The molecule has 1 aromatic carbocycles. The maximum Gasteiger partial charge on any atom is 0.187 e. The minimum atomic E-state index is -1.28. The van der Waals surface area contributed by atoms with E-state index >= 15 is 0 Å². The normalized spacial score (nSPS) is 13.1. The van der Waals surface area contributed by atoms with E-state index in [0.717, 1.165) is 6.07 Å². The maximum atomic E-state index is 13.4. The zero-order valence-corrected chi connectivity index (χ0v) is 9.82. The van der Waals surface area contributed by atoms with Crippen molar-refractivity contribution < 1.29 is 23.4 Å². The molecule has 1 rings (SSSR count). The van der Waals surface area contributed by atoms with Gasteiger partial charge in [0.1, 0.15) is 17.7 Å². The van der Waals surface area contributed by atoms with Crippen LogP contribution in [0, 0.1) is 11.6 Å². The minimum Gasteiger partial charge on any atom is -0.383 e. The van der Waals surface area contributed by atoms with Gasteiger partial charge in [-0.1, -0.05) is 6.07 Å². The van der Waals surface area contributed by atoms with Gasteiger partial charge in [0.2, 0.25) is 0 Å². The Balaban J connectivity index is 2.88. The summed E-state index contributed by atoms with van der Waals surface area (Å²) >= 11 is 0. The zero-order chi connectivity index (χ0) is 12.8. The van der Waals surface area contributed by atoms with Crippen molar-refractivity contribution in [2.75, 3.05) is 13.2 Å². The summed E-state index contributed by atoms with van der Waals surface area (Å²) in [4.78, 5) is 0. The Labute approximate surface area is 99.0 Å². The van der Waals surface area contributed by atoms with E-state index in [-0.39, 0.29) is 5.56 Å². The second-order valence-corrected chi connectivity index (χ2v) is 3.39. The molecule has 0 aromatic heterocycles. The van der Waals surface area contributed by atoms with Gasteiger partial charge in [-0.25, -0.2) is 8.78 Å². The molecule has 0 amide bonds. The Hall–Kier alpha value is -1.04. The Morgan fingerprint density at radius 2 is 1.76 bits per heavy atom. The highest BCUT2D eigenvalue weighted by molar-refractivity contribution is 5.21. The van der Waals surface area contributed by atoms with E-state index in [4.69, 9.17) is 9.47 Å². The molecule has 0 saturated carbocycles. The first-order chi connectivity index (χ1) is 8.10. The van der Waals surface area contributed by atoms with Gasteiger partial charge in [0.25, 0.3) is 0 Å². The molecule has 96 valence electrons. The van der Waals surface area contributed by atoms with E-state index in [1.54, 1.807) is 13.8 Å². The van der Waals surface area contributed by atoms with Crippen LogP contribution in [0.1, 0.15) is 25.5 Å². The van der Waals surface area contributed by atoms with Crippen molar-refractivity contribution in [2.24, 2.45) is 0 Å². The lowest BCUT2D eigenvalue weighted by atomic mass is 10.1. The first-order valence-corrected chi connectivity index (χ1v) is 5.46. The molecule has 0 aliphatic carbocycles. The summed E-state index contributed by atoms with van der Waals surface area (Å²) in [7, 11) is 0. The predicted molar refractivity (Wildman–Crippen MR) is 58.4 cm³/mol. The van der Waals surface area contributed by atoms with Crippen molar-refractivity contribution in [3.8, 4) is 0 Å². The summed E-state index contributed by atoms with van der Waals surface area (Å²) in [5.74, 6) is -1.51. The van der Waals surface area contributed by atoms with Gasteiger partial charge in [-0.15, -0.1) is 0 Å². The van der Waals surface area contributed by atoms with Gasteiger partial charge < -0.3 is 14.6 Å². The van der Waals surface area contributed by atoms with Crippen LogP contribution < -0.4 is 0 Å². The van der Waals surface area contributed by atoms with E-state index in [2.05, 4.69) is 0 Å². The average molecular weight is 246 g/mol. The lowest BCUT2D eigenvalue weighted by molar-refractivity contribution is -0.192. The second kappa shape index (κ2) is 6.64. The lowest BCUT2D eigenvalue weighted by Crippen LogP contribution is -2.26. The largest absolute Gasteiger partial charge is 0.383 e. The van der Waals surface area contributed by atoms with E-state index in [0.29, 0.717) is 19.3 Å². The molecule has 0 aliphatic rings. The molecule has 5 heteroatoms. The summed E-state index contributed by atoms with van der Waals surface area (Å²) < 4.78 is 36.5. The van der Waals surface area contributed by atoms with Crippen LogP contribution in [0.2, 0.25) is 0 Å². The maximum absolute atomic E-state index is 13.4. The van der Waals surface area contributed by atoms with Crippen LogP contribution in [0.15, 0.2) is 18.2 Å². The van der Waals surface area contributed by atoms with Crippen molar-refractivity contribution in [1.82, 2.24) is 0 Å². The van der Waals surface area contributed by atoms with Gasteiger partial charge in [0.15, 0.2) is 6.29 Å². The summed E-state index contributed by atoms with van der Waals surface area (Å²) in [6.07, 6.45) is -2.24. The van der Waals surface area contributed by atoms with Crippen molar-refractivity contribution >= 4 is 0 Å². The predicted octanol–water partition coefficient (Wildman–Crippen LogP) is 2.40. The molecule has 17 heavy (non-hydrogen) atoms. The first-order valence-electron chi connectivity index (χ1n) is 5.46. The SMILES string of the molecule is CCOC(OCC)C(O)c1ccc(F)cc1F. The van der Waals surface area contributed by atoms with Crippen LogP contribution in [0.3, 0.4) is 0 Å². The molecule has 0 fully saturated rings. The molecule has 0 saturated heterocycles. The quantitative estimate of drug-likeness (QED) is 0.783. The fourth-order valence-corrected chi connectivity index (χ4v) is 1.45. The van der Waals surface area contributed by atoms with Crippen LogP contribution >= 0.6 is 0 Å². The molecule has 3 nitrogen and oxygen atoms in total. The van der Waals surface area contributed by atoms with Gasteiger partial charge in [-0.05, 0) is 19.9 Å². The molecule has 0 radical (unpaired) electrons. The number of halogens is 2. The molecule has 1 unspecified atom stereocenters. The van der Waals surface area contributed by atoms with E-state index in [1.807, 2.05) is 0 Å². The molecule has 0 spiro atoms. The molecule has 1 N–H and O–H groups in total. The molecular formula is C12H16F2O3. The Morgan fingerprint density at radius 1 is 1.18 bits per heavy atom. The molecule has 1 aromatic rings. The highest BCUT2D eigenvalue weighted by Crippen LogP contribution is 2.23. The Morgan fingerprint density at radius 3 is 2.24 bits per heavy atom. The average Bonchev–Trinajstić information content (AvgIpc) is 2.28. The zero-order valence-electron chi connectivity index (χ0n) is 9.82. The second-order valence-electron chi connectivity index (χ2n) is 3.39. The molecular weight excluding hydrogens is 230 g/mol. The van der Waals surface area contributed by atoms with Crippen LogP contribution in [-0.2, 0) is 9.47 Å². The number of hydrogen-bond donors (Lipinski definition) is 1. The fraction of sp³-hybridized carbons (Fsp3) is 0.500. The third kappa shape index (κ3) is 3.73. The number of ether oxygens (including phenoxy) is 2. The van der Waals surface area contributed by atoms with E-state index < -0.39 is 24.0 Å². The Bertz CT molecular complexity index is 352. The topological polar surface area (TPSA) is 38.7 Å². The molecule has 0 heterocycles. The van der Waals surface area contributed by atoms with Crippen LogP contribution in [0.4, 0.5) is 8.78 Å².